The van der Waals surface area contributed by atoms with Crippen LogP contribution in [0.25, 0.3) is 0 Å². The Kier molecular flexibility index (Phi) is 5.17. The Balaban J connectivity index is 3.08. The molecule has 0 heterocycles. The van der Waals surface area contributed by atoms with E-state index in [1.54, 1.807) is 38.1 Å². The van der Waals surface area contributed by atoms with E-state index in [2.05, 4.69) is 0 Å². The molecule has 0 atom stereocenters. The summed E-state index contributed by atoms with van der Waals surface area (Å²) >= 11 is 0. The molecule has 0 saturated carbocycles. The number of carbonyl (C=O) groups excluding carboxylic acids is 2. The minimum absolute atomic E-state index is 0.196. The normalized spacial score (nSPS) is 10.2. The van der Waals surface area contributed by atoms with Crippen molar-refractivity contribution in [2.24, 2.45) is 0 Å². The molecule has 1 rings (SSSR count). The number of esters is 2. The summed E-state index contributed by atoms with van der Waals surface area (Å²) in [6.07, 6.45) is 0. The Morgan fingerprint density at radius 2 is 1.61 bits per heavy atom. The summed E-state index contributed by atoms with van der Waals surface area (Å²) < 4.78 is 9.77. The third-order valence-corrected chi connectivity index (χ3v) is 2.35. The first kappa shape index (κ1) is 14.0. The monoisotopic (exact) mass is 251 g/mol. The van der Waals surface area contributed by atoms with Crippen LogP contribution < -0.4 is 5.73 Å². The molecule has 0 saturated heterocycles. The van der Waals surface area contributed by atoms with Crippen LogP contribution in [-0.2, 0) is 19.1 Å². The zero-order valence-corrected chi connectivity index (χ0v) is 10.5. The van der Waals surface area contributed by atoms with Gasteiger partial charge >= 0.3 is 11.9 Å². The van der Waals surface area contributed by atoms with Gasteiger partial charge in [0.25, 0.3) is 0 Å². The molecule has 0 bridgehead atoms. The van der Waals surface area contributed by atoms with Crippen LogP contribution in [0.5, 0.6) is 0 Å². The minimum atomic E-state index is -1.12. The van der Waals surface area contributed by atoms with E-state index in [0.717, 1.165) is 0 Å². The number of carbonyl (C=O) groups is 2. The van der Waals surface area contributed by atoms with E-state index in [1.165, 1.54) is 0 Å². The molecule has 1 aromatic carbocycles. The smallest absolute Gasteiger partial charge is 0.324 e. The van der Waals surface area contributed by atoms with Gasteiger partial charge in [-0.3, -0.25) is 9.59 Å². The van der Waals surface area contributed by atoms with Gasteiger partial charge in [-0.1, -0.05) is 18.2 Å². The lowest BCUT2D eigenvalue weighted by Crippen LogP contribution is -2.26. The van der Waals surface area contributed by atoms with Crippen molar-refractivity contribution in [3.05, 3.63) is 29.8 Å². The molecular formula is C13H17NO4. The van der Waals surface area contributed by atoms with E-state index >= 15 is 0 Å². The standard InChI is InChI=1S/C13H17NO4/c1-3-17-12(15)11(13(16)18-4-2)9-7-5-6-8-10(9)14/h5-8,11H,3-4,14H2,1-2H3. The van der Waals surface area contributed by atoms with Gasteiger partial charge in [0.15, 0.2) is 5.92 Å². The number of ether oxygens (including phenoxy) is 2. The van der Waals surface area contributed by atoms with Gasteiger partial charge in [0, 0.05) is 11.3 Å². The lowest BCUT2D eigenvalue weighted by molar-refractivity contribution is -0.156. The van der Waals surface area contributed by atoms with Crippen LogP contribution in [0.2, 0.25) is 0 Å². The predicted octanol–water partition coefficient (Wildman–Crippen LogP) is 1.48. The van der Waals surface area contributed by atoms with E-state index in [0.29, 0.717) is 11.3 Å². The Bertz CT molecular complexity index is 413. The highest BCUT2D eigenvalue weighted by Gasteiger charge is 2.32. The van der Waals surface area contributed by atoms with Crippen LogP contribution in [-0.4, -0.2) is 25.2 Å². The molecule has 5 heteroatoms. The summed E-state index contributed by atoms with van der Waals surface area (Å²) in [6.45, 7) is 3.74. The number of para-hydroxylation sites is 1. The van der Waals surface area contributed by atoms with Gasteiger partial charge in [-0.25, -0.2) is 0 Å². The second kappa shape index (κ2) is 6.64. The first-order chi connectivity index (χ1) is 8.61. The first-order valence-electron chi connectivity index (χ1n) is 5.79. The van der Waals surface area contributed by atoms with Crippen LogP contribution in [0.1, 0.15) is 25.3 Å². The van der Waals surface area contributed by atoms with Crippen molar-refractivity contribution in [1.82, 2.24) is 0 Å². The SMILES string of the molecule is CCOC(=O)C(C(=O)OCC)c1ccccc1N. The molecular weight excluding hydrogens is 234 g/mol. The second-order valence-electron chi connectivity index (χ2n) is 3.57. The highest BCUT2D eigenvalue weighted by Crippen LogP contribution is 2.24. The molecule has 0 aliphatic carbocycles. The number of rotatable bonds is 5. The average molecular weight is 251 g/mol. The Morgan fingerprint density at radius 3 is 2.06 bits per heavy atom. The third-order valence-electron chi connectivity index (χ3n) is 2.35. The maximum Gasteiger partial charge on any atom is 0.324 e. The number of hydrogen-bond acceptors (Lipinski definition) is 5. The fourth-order valence-corrected chi connectivity index (χ4v) is 1.58. The Labute approximate surface area is 106 Å². The molecule has 5 nitrogen and oxygen atoms in total. The van der Waals surface area contributed by atoms with Crippen molar-refractivity contribution in [1.29, 1.82) is 0 Å². The topological polar surface area (TPSA) is 78.6 Å². The third kappa shape index (κ3) is 3.23. The van der Waals surface area contributed by atoms with E-state index < -0.39 is 17.9 Å². The molecule has 0 radical (unpaired) electrons. The summed E-state index contributed by atoms with van der Waals surface area (Å²) in [7, 11) is 0. The molecule has 0 spiro atoms. The number of nitrogens with two attached hydrogens (primary N) is 1. The predicted molar refractivity (Wildman–Crippen MR) is 66.9 cm³/mol. The number of hydrogen-bond donors (Lipinski definition) is 1. The molecule has 98 valence electrons. The van der Waals surface area contributed by atoms with Crippen molar-refractivity contribution < 1.29 is 19.1 Å². The van der Waals surface area contributed by atoms with Gasteiger partial charge in [-0.2, -0.15) is 0 Å². The fraction of sp³-hybridized carbons (Fsp3) is 0.385. The second-order valence-corrected chi connectivity index (χ2v) is 3.57. The van der Waals surface area contributed by atoms with Gasteiger partial charge < -0.3 is 15.2 Å². The van der Waals surface area contributed by atoms with Crippen LogP contribution in [0.3, 0.4) is 0 Å². The number of benzene rings is 1. The fourth-order valence-electron chi connectivity index (χ4n) is 1.58. The van der Waals surface area contributed by atoms with Crippen LogP contribution in [0, 0.1) is 0 Å². The molecule has 1 aromatic rings. The van der Waals surface area contributed by atoms with Crippen molar-refractivity contribution in [2.75, 3.05) is 18.9 Å². The average Bonchev–Trinajstić information content (AvgIpc) is 2.33. The van der Waals surface area contributed by atoms with Gasteiger partial charge in [-0.05, 0) is 19.9 Å². The van der Waals surface area contributed by atoms with Crippen LogP contribution >= 0.6 is 0 Å². The van der Waals surface area contributed by atoms with Crippen LogP contribution in [0.4, 0.5) is 5.69 Å². The van der Waals surface area contributed by atoms with E-state index in [1.807, 2.05) is 0 Å². The van der Waals surface area contributed by atoms with Gasteiger partial charge in [0.1, 0.15) is 0 Å². The lowest BCUT2D eigenvalue weighted by Gasteiger charge is -2.16. The van der Waals surface area contributed by atoms with Crippen molar-refractivity contribution in [3.8, 4) is 0 Å². The summed E-state index contributed by atoms with van der Waals surface area (Å²) in [6, 6.07) is 6.68. The number of nitrogen functional groups attached to an aromatic ring is 1. The summed E-state index contributed by atoms with van der Waals surface area (Å²) in [5.74, 6) is -2.41. The van der Waals surface area contributed by atoms with Crippen LogP contribution in [0.15, 0.2) is 24.3 Å². The highest BCUT2D eigenvalue weighted by atomic mass is 16.6. The van der Waals surface area contributed by atoms with E-state index in [9.17, 15) is 9.59 Å². The number of anilines is 1. The summed E-state index contributed by atoms with van der Waals surface area (Å²) in [5, 5.41) is 0. The van der Waals surface area contributed by atoms with E-state index in [4.69, 9.17) is 15.2 Å². The van der Waals surface area contributed by atoms with Crippen molar-refractivity contribution in [3.63, 3.8) is 0 Å². The Morgan fingerprint density at radius 1 is 1.11 bits per heavy atom. The zero-order chi connectivity index (χ0) is 13.5. The minimum Gasteiger partial charge on any atom is -0.465 e. The molecule has 0 aliphatic heterocycles. The molecule has 2 N–H and O–H groups in total. The molecule has 0 amide bonds. The highest BCUT2D eigenvalue weighted by molar-refractivity contribution is 6.02. The first-order valence-corrected chi connectivity index (χ1v) is 5.79. The quantitative estimate of drug-likeness (QED) is 0.487. The molecule has 0 unspecified atom stereocenters. The molecule has 0 aliphatic rings. The van der Waals surface area contributed by atoms with Gasteiger partial charge in [-0.15, -0.1) is 0 Å². The zero-order valence-electron chi connectivity index (χ0n) is 10.5. The largest absolute Gasteiger partial charge is 0.465 e. The molecule has 18 heavy (non-hydrogen) atoms. The van der Waals surface area contributed by atoms with Gasteiger partial charge in [0.2, 0.25) is 0 Å². The summed E-state index contributed by atoms with van der Waals surface area (Å²) in [4.78, 5) is 23.7. The maximum atomic E-state index is 11.8. The molecule has 0 fully saturated rings. The van der Waals surface area contributed by atoms with Gasteiger partial charge in [0.05, 0.1) is 13.2 Å². The summed E-state index contributed by atoms with van der Waals surface area (Å²) in [5.41, 5.74) is 6.55. The molecule has 0 aromatic heterocycles. The van der Waals surface area contributed by atoms with Crippen molar-refractivity contribution in [2.45, 2.75) is 19.8 Å². The lowest BCUT2D eigenvalue weighted by atomic mass is 9.97. The Hall–Kier alpha value is -2.04. The maximum absolute atomic E-state index is 11.8. The van der Waals surface area contributed by atoms with E-state index in [-0.39, 0.29) is 13.2 Å². The van der Waals surface area contributed by atoms with Crippen molar-refractivity contribution >= 4 is 17.6 Å².